The first-order valence-corrected chi connectivity index (χ1v) is 5.17. The van der Waals surface area contributed by atoms with Gasteiger partial charge in [-0.15, -0.1) is 41.3 Å². The van der Waals surface area contributed by atoms with Crippen molar-refractivity contribution in [3.8, 4) is 0 Å². The van der Waals surface area contributed by atoms with E-state index in [9.17, 15) is 0 Å². The zero-order valence-electron chi connectivity index (χ0n) is 10.7. The van der Waals surface area contributed by atoms with Crippen LogP contribution >= 0.6 is 0 Å². The molecule has 2 rings (SSSR count). The Bertz CT molecular complexity index is 358. The van der Waals surface area contributed by atoms with Crippen molar-refractivity contribution in [2.75, 3.05) is 0 Å². The van der Waals surface area contributed by atoms with Crippen LogP contribution in [-0.4, -0.2) is 0 Å². The van der Waals surface area contributed by atoms with Gasteiger partial charge in [-0.3, -0.25) is 0 Å². The molecular formula is C15H14Li2. The largest absolute Gasteiger partial charge is 1.00 e. The number of benzene rings is 2. The van der Waals surface area contributed by atoms with Gasteiger partial charge in [0.25, 0.3) is 0 Å². The summed E-state index contributed by atoms with van der Waals surface area (Å²) in [5.74, 6) is 1.30. The summed E-state index contributed by atoms with van der Waals surface area (Å²) in [4.78, 5) is 0. The van der Waals surface area contributed by atoms with Crippen LogP contribution in [0.5, 0.6) is 0 Å². The molecule has 0 nitrogen and oxygen atoms in total. The Labute approximate surface area is 128 Å². The van der Waals surface area contributed by atoms with Gasteiger partial charge in [0.1, 0.15) is 0 Å². The van der Waals surface area contributed by atoms with E-state index in [-0.39, 0.29) is 37.7 Å². The molecule has 0 radical (unpaired) electrons. The predicted molar refractivity (Wildman–Crippen MR) is 64.3 cm³/mol. The fraction of sp³-hybridized carbons (Fsp3) is 0.0667. The Morgan fingerprint density at radius 1 is 0.706 bits per heavy atom. The fourth-order valence-corrected chi connectivity index (χ4v) is 1.73. The minimum absolute atomic E-state index is 0. The van der Waals surface area contributed by atoms with Gasteiger partial charge in [0.2, 0.25) is 0 Å². The van der Waals surface area contributed by atoms with Gasteiger partial charge in [-0.05, 0) is 0 Å². The van der Waals surface area contributed by atoms with Gasteiger partial charge in [-0.2, -0.15) is 6.42 Å². The molecule has 2 heteroatoms. The molecule has 0 spiro atoms. The van der Waals surface area contributed by atoms with Crippen LogP contribution in [0.4, 0.5) is 0 Å². The second-order valence-corrected chi connectivity index (χ2v) is 3.46. The van der Waals surface area contributed by atoms with E-state index in [0.29, 0.717) is 0 Å². The fourth-order valence-electron chi connectivity index (χ4n) is 1.73. The minimum atomic E-state index is 0. The van der Waals surface area contributed by atoms with Crippen LogP contribution < -0.4 is 37.7 Å². The van der Waals surface area contributed by atoms with Crippen molar-refractivity contribution < 1.29 is 37.7 Å². The van der Waals surface area contributed by atoms with E-state index < -0.39 is 0 Å². The molecule has 0 bridgehead atoms. The van der Waals surface area contributed by atoms with Crippen LogP contribution in [0.1, 0.15) is 17.5 Å². The van der Waals surface area contributed by atoms with E-state index in [4.69, 9.17) is 0 Å². The molecule has 17 heavy (non-hydrogen) atoms. The zero-order chi connectivity index (χ0) is 10.5. The molecule has 0 aromatic heterocycles. The molecule has 0 aliphatic rings. The summed E-state index contributed by atoms with van der Waals surface area (Å²) < 4.78 is 0. The van der Waals surface area contributed by atoms with E-state index in [1.165, 1.54) is 17.0 Å². The quantitative estimate of drug-likeness (QED) is 0.400. The first-order chi connectivity index (χ1) is 7.42. The van der Waals surface area contributed by atoms with Crippen molar-refractivity contribution in [2.24, 2.45) is 0 Å². The van der Waals surface area contributed by atoms with Crippen LogP contribution in [0.25, 0.3) is 0 Å². The molecule has 0 fully saturated rings. The number of rotatable bonds is 3. The van der Waals surface area contributed by atoms with Crippen LogP contribution in [0.3, 0.4) is 0 Å². The van der Waals surface area contributed by atoms with Crippen LogP contribution in [0.15, 0.2) is 60.7 Å². The summed E-state index contributed by atoms with van der Waals surface area (Å²) in [7, 11) is 0. The third kappa shape index (κ3) is 4.35. The molecule has 2 aromatic rings. The van der Waals surface area contributed by atoms with E-state index in [1.54, 1.807) is 0 Å². The smallest absolute Gasteiger partial charge is 0.346 e. The maximum atomic E-state index is 4.00. The monoisotopic (exact) mass is 208 g/mol. The molecule has 2 aromatic carbocycles. The van der Waals surface area contributed by atoms with Gasteiger partial charge in [0, 0.05) is 0 Å². The Balaban J connectivity index is 0.00000128. The number of hydrogen-bond donors (Lipinski definition) is 0. The Morgan fingerprint density at radius 2 is 1.06 bits per heavy atom. The maximum Gasteiger partial charge on any atom is 1.00 e. The van der Waals surface area contributed by atoms with Crippen molar-refractivity contribution in [3.05, 3.63) is 84.6 Å². The van der Waals surface area contributed by atoms with Crippen molar-refractivity contribution in [1.29, 1.82) is 0 Å². The SMILES string of the molecule is [CH2-]C[C-](c1ccccc1)c1ccccc1.[Li+].[Li+]. The molecule has 0 saturated heterocycles. The predicted octanol–water partition coefficient (Wildman–Crippen LogP) is -2.11. The Hall–Kier alpha value is -0.495. The first kappa shape index (κ1) is 16.5. The van der Waals surface area contributed by atoms with Crippen molar-refractivity contribution >= 4 is 0 Å². The van der Waals surface area contributed by atoms with Gasteiger partial charge in [-0.25, -0.2) is 0 Å². The van der Waals surface area contributed by atoms with Crippen LogP contribution in [0, 0.1) is 12.8 Å². The molecule has 0 heterocycles. The third-order valence-electron chi connectivity index (χ3n) is 2.49. The van der Waals surface area contributed by atoms with E-state index >= 15 is 0 Å². The van der Waals surface area contributed by atoms with Crippen molar-refractivity contribution in [3.63, 3.8) is 0 Å². The normalized spacial score (nSPS) is 8.76. The maximum absolute atomic E-state index is 4.00. The molecule has 76 valence electrons. The van der Waals surface area contributed by atoms with E-state index in [1.807, 2.05) is 12.1 Å². The van der Waals surface area contributed by atoms with E-state index in [2.05, 4.69) is 55.5 Å². The second-order valence-electron chi connectivity index (χ2n) is 3.46. The van der Waals surface area contributed by atoms with Gasteiger partial charge < -0.3 is 6.92 Å². The molecule has 0 atom stereocenters. The average Bonchev–Trinajstić information content (AvgIpc) is 2.33. The van der Waals surface area contributed by atoms with Crippen molar-refractivity contribution in [2.45, 2.75) is 6.42 Å². The molecule has 0 N–H and O–H groups in total. The van der Waals surface area contributed by atoms with Gasteiger partial charge in [0.15, 0.2) is 0 Å². The summed E-state index contributed by atoms with van der Waals surface area (Å²) in [6.07, 6.45) is 0.814. The summed E-state index contributed by atoms with van der Waals surface area (Å²) in [6.45, 7) is 4.00. The molecular weight excluding hydrogens is 194 g/mol. The molecule has 0 amide bonds. The summed E-state index contributed by atoms with van der Waals surface area (Å²) in [5, 5.41) is 0. The second kappa shape index (κ2) is 8.57. The van der Waals surface area contributed by atoms with Crippen LogP contribution in [-0.2, 0) is 0 Å². The molecule has 0 aliphatic carbocycles. The van der Waals surface area contributed by atoms with Gasteiger partial charge >= 0.3 is 37.7 Å². The minimum Gasteiger partial charge on any atom is -0.346 e. The topological polar surface area (TPSA) is 0 Å². The number of hydrogen-bond acceptors (Lipinski definition) is 0. The summed E-state index contributed by atoms with van der Waals surface area (Å²) in [6, 6.07) is 20.9. The molecule has 0 unspecified atom stereocenters. The Kier molecular flexibility index (Phi) is 8.32. The summed E-state index contributed by atoms with van der Waals surface area (Å²) in [5.41, 5.74) is 2.53. The molecule has 0 aliphatic heterocycles. The third-order valence-corrected chi connectivity index (χ3v) is 2.49. The summed E-state index contributed by atoms with van der Waals surface area (Å²) >= 11 is 0. The van der Waals surface area contributed by atoms with Crippen LogP contribution in [0.2, 0.25) is 0 Å². The Morgan fingerprint density at radius 3 is 1.35 bits per heavy atom. The zero-order valence-corrected chi connectivity index (χ0v) is 10.7. The average molecular weight is 208 g/mol. The first-order valence-electron chi connectivity index (χ1n) is 5.17. The standard InChI is InChI=1S/C15H14.2Li/c1-2-15(13-9-5-3-6-10-13)14-11-7-4-8-12-14;;/h3-12H,1-2H2;;/q-2;2*+1. The van der Waals surface area contributed by atoms with E-state index in [0.717, 1.165) is 6.42 Å². The molecule has 0 saturated carbocycles. The van der Waals surface area contributed by atoms with Crippen molar-refractivity contribution in [1.82, 2.24) is 0 Å². The van der Waals surface area contributed by atoms with Gasteiger partial charge in [-0.1, -0.05) is 36.4 Å². The van der Waals surface area contributed by atoms with Gasteiger partial charge in [0.05, 0.1) is 0 Å².